The highest BCUT2D eigenvalue weighted by Crippen LogP contribution is 2.23. The molecular formula is C17H21N3O2S. The normalized spacial score (nSPS) is 11.9. The van der Waals surface area contributed by atoms with Crippen molar-refractivity contribution in [3.05, 3.63) is 41.4 Å². The molecule has 0 aliphatic heterocycles. The van der Waals surface area contributed by atoms with Crippen LogP contribution in [0.25, 0.3) is 10.6 Å². The van der Waals surface area contributed by atoms with Crippen molar-refractivity contribution in [2.75, 3.05) is 7.05 Å². The molecule has 1 heterocycles. The third kappa shape index (κ3) is 4.71. The second-order valence-electron chi connectivity index (χ2n) is 5.19. The standard InChI is InChI=1S/C17H21N3O2S/c1-3-7-14(18-2)15(21)16(22)19-10-13-11-23-17(20-13)12-8-5-4-6-9-12/h4-6,8-9,11,14,18H,3,7,10H2,1-2H3,(H,19,22). The third-order valence-electron chi connectivity index (χ3n) is 3.47. The Bertz CT molecular complexity index is 655. The molecule has 0 saturated heterocycles. The largest absolute Gasteiger partial charge is 0.344 e. The Morgan fingerprint density at radius 1 is 1.26 bits per heavy atom. The molecular weight excluding hydrogens is 310 g/mol. The van der Waals surface area contributed by atoms with Gasteiger partial charge in [0, 0.05) is 10.9 Å². The summed E-state index contributed by atoms with van der Waals surface area (Å²) in [7, 11) is 1.69. The predicted molar refractivity (Wildman–Crippen MR) is 92.2 cm³/mol. The molecule has 2 rings (SSSR count). The summed E-state index contributed by atoms with van der Waals surface area (Å²) in [6.45, 7) is 2.24. The number of carbonyl (C=O) groups excluding carboxylic acids is 2. The molecule has 5 nitrogen and oxygen atoms in total. The Labute approximate surface area is 140 Å². The van der Waals surface area contributed by atoms with E-state index in [4.69, 9.17) is 0 Å². The van der Waals surface area contributed by atoms with E-state index < -0.39 is 17.7 Å². The molecule has 6 heteroatoms. The molecule has 23 heavy (non-hydrogen) atoms. The van der Waals surface area contributed by atoms with Gasteiger partial charge in [0.15, 0.2) is 0 Å². The van der Waals surface area contributed by atoms with E-state index in [-0.39, 0.29) is 6.54 Å². The molecule has 0 bridgehead atoms. The van der Waals surface area contributed by atoms with Gasteiger partial charge in [-0.1, -0.05) is 43.7 Å². The van der Waals surface area contributed by atoms with Gasteiger partial charge in [-0.25, -0.2) is 4.98 Å². The van der Waals surface area contributed by atoms with Gasteiger partial charge in [-0.05, 0) is 13.5 Å². The highest BCUT2D eigenvalue weighted by molar-refractivity contribution is 7.13. The van der Waals surface area contributed by atoms with E-state index in [1.54, 1.807) is 7.05 Å². The molecule has 2 N–H and O–H groups in total. The van der Waals surface area contributed by atoms with Crippen LogP contribution in [-0.2, 0) is 16.1 Å². The van der Waals surface area contributed by atoms with Gasteiger partial charge >= 0.3 is 0 Å². The lowest BCUT2D eigenvalue weighted by molar-refractivity contribution is -0.139. The number of hydrogen-bond donors (Lipinski definition) is 2. The first-order valence-corrected chi connectivity index (χ1v) is 8.52. The summed E-state index contributed by atoms with van der Waals surface area (Å²) in [6, 6.07) is 9.44. The number of amides is 1. The number of nitrogens with one attached hydrogen (secondary N) is 2. The van der Waals surface area contributed by atoms with Crippen molar-refractivity contribution in [3.8, 4) is 10.6 Å². The Balaban J connectivity index is 1.92. The van der Waals surface area contributed by atoms with Crippen molar-refractivity contribution in [2.24, 2.45) is 0 Å². The van der Waals surface area contributed by atoms with Crippen LogP contribution in [0.4, 0.5) is 0 Å². The van der Waals surface area contributed by atoms with Crippen molar-refractivity contribution >= 4 is 23.0 Å². The smallest absolute Gasteiger partial charge is 0.289 e. The second-order valence-corrected chi connectivity index (χ2v) is 6.04. The minimum absolute atomic E-state index is 0.260. The van der Waals surface area contributed by atoms with E-state index in [0.717, 1.165) is 22.7 Å². The quantitative estimate of drug-likeness (QED) is 0.729. The number of benzene rings is 1. The minimum atomic E-state index is -0.563. The average molecular weight is 331 g/mol. The van der Waals surface area contributed by atoms with Crippen LogP contribution in [0.15, 0.2) is 35.7 Å². The Hall–Kier alpha value is -2.05. The van der Waals surface area contributed by atoms with Gasteiger partial charge in [-0.3, -0.25) is 9.59 Å². The maximum atomic E-state index is 12.0. The number of Topliss-reactive ketones (excluding diaryl/α,β-unsaturated/α-hetero) is 1. The SMILES string of the molecule is CCCC(NC)C(=O)C(=O)NCc1csc(-c2ccccc2)n1. The Kier molecular flexibility index (Phi) is 6.43. The zero-order valence-electron chi connectivity index (χ0n) is 13.3. The molecule has 0 spiro atoms. The van der Waals surface area contributed by atoms with Crippen LogP contribution in [0.5, 0.6) is 0 Å². The maximum Gasteiger partial charge on any atom is 0.289 e. The van der Waals surface area contributed by atoms with Crippen molar-refractivity contribution < 1.29 is 9.59 Å². The van der Waals surface area contributed by atoms with Crippen molar-refractivity contribution in [1.29, 1.82) is 0 Å². The van der Waals surface area contributed by atoms with Crippen LogP contribution in [-0.4, -0.2) is 29.8 Å². The topological polar surface area (TPSA) is 71.1 Å². The summed E-state index contributed by atoms with van der Waals surface area (Å²) < 4.78 is 0. The van der Waals surface area contributed by atoms with Gasteiger partial charge in [0.2, 0.25) is 5.78 Å². The summed E-state index contributed by atoms with van der Waals surface area (Å²) in [5.41, 5.74) is 1.80. The molecule has 0 aliphatic carbocycles. The maximum absolute atomic E-state index is 12.0. The number of aromatic nitrogens is 1. The van der Waals surface area contributed by atoms with Gasteiger partial charge in [0.1, 0.15) is 5.01 Å². The third-order valence-corrected chi connectivity index (χ3v) is 4.41. The Morgan fingerprint density at radius 3 is 2.65 bits per heavy atom. The summed E-state index contributed by atoms with van der Waals surface area (Å²) >= 11 is 1.52. The molecule has 1 unspecified atom stereocenters. The molecule has 1 atom stereocenters. The van der Waals surface area contributed by atoms with Crippen LogP contribution >= 0.6 is 11.3 Å². The molecule has 122 valence electrons. The summed E-state index contributed by atoms with van der Waals surface area (Å²) in [4.78, 5) is 28.5. The van der Waals surface area contributed by atoms with Gasteiger partial charge in [-0.15, -0.1) is 11.3 Å². The molecule has 1 amide bonds. The average Bonchev–Trinajstić information content (AvgIpc) is 3.06. The monoisotopic (exact) mass is 331 g/mol. The molecule has 0 aliphatic rings. The number of hydrogen-bond acceptors (Lipinski definition) is 5. The first-order valence-electron chi connectivity index (χ1n) is 7.64. The number of rotatable bonds is 8. The first-order chi connectivity index (χ1) is 11.2. The lowest BCUT2D eigenvalue weighted by Gasteiger charge is -2.13. The van der Waals surface area contributed by atoms with Gasteiger partial charge < -0.3 is 10.6 Å². The van der Waals surface area contributed by atoms with Crippen LogP contribution in [0.3, 0.4) is 0 Å². The van der Waals surface area contributed by atoms with E-state index in [9.17, 15) is 9.59 Å². The lowest BCUT2D eigenvalue weighted by atomic mass is 10.1. The molecule has 0 radical (unpaired) electrons. The van der Waals surface area contributed by atoms with E-state index in [0.29, 0.717) is 6.42 Å². The van der Waals surface area contributed by atoms with Gasteiger partial charge in [0.05, 0.1) is 18.3 Å². The molecule has 1 aromatic heterocycles. The number of ketones is 1. The van der Waals surface area contributed by atoms with Crippen molar-refractivity contribution in [2.45, 2.75) is 32.4 Å². The van der Waals surface area contributed by atoms with Gasteiger partial charge in [-0.2, -0.15) is 0 Å². The fourth-order valence-electron chi connectivity index (χ4n) is 2.21. The molecule has 0 fully saturated rings. The molecule has 1 aromatic carbocycles. The fraction of sp³-hybridized carbons (Fsp3) is 0.353. The van der Waals surface area contributed by atoms with E-state index in [1.165, 1.54) is 11.3 Å². The summed E-state index contributed by atoms with van der Waals surface area (Å²) in [5.74, 6) is -0.986. The zero-order valence-corrected chi connectivity index (χ0v) is 14.2. The predicted octanol–water partition coefficient (Wildman–Crippen LogP) is 2.38. The number of carbonyl (C=O) groups is 2. The highest BCUT2D eigenvalue weighted by atomic mass is 32.1. The molecule has 2 aromatic rings. The fourth-order valence-corrected chi connectivity index (χ4v) is 3.04. The number of nitrogens with zero attached hydrogens (tertiary/aromatic N) is 1. The Morgan fingerprint density at radius 2 is 2.00 bits per heavy atom. The first kappa shape index (κ1) is 17.3. The summed E-state index contributed by atoms with van der Waals surface area (Å²) in [6.07, 6.45) is 1.49. The van der Waals surface area contributed by atoms with E-state index >= 15 is 0 Å². The lowest BCUT2D eigenvalue weighted by Crippen LogP contribution is -2.43. The van der Waals surface area contributed by atoms with Crippen molar-refractivity contribution in [1.82, 2.24) is 15.6 Å². The van der Waals surface area contributed by atoms with Crippen LogP contribution in [0.2, 0.25) is 0 Å². The highest BCUT2D eigenvalue weighted by Gasteiger charge is 2.22. The van der Waals surface area contributed by atoms with Crippen LogP contribution < -0.4 is 10.6 Å². The van der Waals surface area contributed by atoms with Crippen molar-refractivity contribution in [3.63, 3.8) is 0 Å². The van der Waals surface area contributed by atoms with Crippen LogP contribution in [0, 0.1) is 0 Å². The second kappa shape index (κ2) is 8.55. The van der Waals surface area contributed by atoms with Gasteiger partial charge in [0.25, 0.3) is 5.91 Å². The molecule has 0 saturated carbocycles. The zero-order chi connectivity index (χ0) is 16.7. The number of thiazole rings is 1. The van der Waals surface area contributed by atoms with E-state index in [1.807, 2.05) is 42.6 Å². The summed E-state index contributed by atoms with van der Waals surface area (Å²) in [5, 5.41) is 8.34. The minimum Gasteiger partial charge on any atom is -0.344 e. The van der Waals surface area contributed by atoms with E-state index in [2.05, 4.69) is 15.6 Å². The number of likely N-dealkylation sites (N-methyl/N-ethyl adjacent to an activating group) is 1. The van der Waals surface area contributed by atoms with Crippen LogP contribution in [0.1, 0.15) is 25.5 Å².